The quantitative estimate of drug-likeness (QED) is 0.0264. The van der Waals surface area contributed by atoms with E-state index in [9.17, 15) is 19.0 Å². The Morgan fingerprint density at radius 3 is 1.15 bits per heavy atom. The van der Waals surface area contributed by atoms with Gasteiger partial charge in [0.2, 0.25) is 0 Å². The third-order valence-corrected chi connectivity index (χ3v) is 13.2. The number of hydrogen-bond acceptors (Lipinski definition) is 8. The Balaban J connectivity index is 3.89. The predicted octanol–water partition coefficient (Wildman–Crippen LogP) is 17.6. The van der Waals surface area contributed by atoms with Crippen molar-refractivity contribution in [2.24, 2.45) is 5.73 Å². The lowest BCUT2D eigenvalue weighted by Crippen LogP contribution is -2.29. The number of ether oxygens (including phenoxy) is 2. The summed E-state index contributed by atoms with van der Waals surface area (Å²) in [5.41, 5.74) is 5.36. The molecule has 0 saturated heterocycles. The van der Waals surface area contributed by atoms with E-state index in [-0.39, 0.29) is 32.6 Å². The van der Waals surface area contributed by atoms with E-state index in [0.717, 1.165) is 44.9 Å². The van der Waals surface area contributed by atoms with Gasteiger partial charge in [0.25, 0.3) is 0 Å². The molecule has 0 aliphatic rings. The fourth-order valence-electron chi connectivity index (χ4n) is 8.07. The zero-order chi connectivity index (χ0) is 49.5. The summed E-state index contributed by atoms with van der Waals surface area (Å²) >= 11 is 0. The smallest absolute Gasteiger partial charge is 0.462 e. The third kappa shape index (κ3) is 53.1. The second kappa shape index (κ2) is 54.1. The molecule has 396 valence electrons. The molecule has 0 spiro atoms. The molecule has 0 aromatic rings. The van der Waals surface area contributed by atoms with E-state index < -0.39 is 32.5 Å². The summed E-state index contributed by atoms with van der Waals surface area (Å²) in [6, 6.07) is 0. The minimum Gasteiger partial charge on any atom is -0.462 e. The normalized spacial score (nSPS) is 13.5. The van der Waals surface area contributed by atoms with Gasteiger partial charge < -0.3 is 20.1 Å². The molecule has 0 aliphatic heterocycles. The van der Waals surface area contributed by atoms with Crippen molar-refractivity contribution in [1.82, 2.24) is 0 Å². The van der Waals surface area contributed by atoms with Crippen molar-refractivity contribution < 1.29 is 37.6 Å². The molecule has 0 aliphatic carbocycles. The van der Waals surface area contributed by atoms with Gasteiger partial charge in [0.05, 0.1) is 19.6 Å². The largest absolute Gasteiger partial charge is 0.472 e. The molecule has 9 nitrogen and oxygen atoms in total. The van der Waals surface area contributed by atoms with Gasteiger partial charge in [0.15, 0.2) is 6.10 Å². The Labute approximate surface area is 419 Å². The van der Waals surface area contributed by atoms with Crippen LogP contribution in [0, 0.1) is 0 Å². The molecule has 0 saturated carbocycles. The molecule has 68 heavy (non-hydrogen) atoms. The molecule has 0 amide bonds. The monoisotopic (exact) mass is 976 g/mol. The van der Waals surface area contributed by atoms with Gasteiger partial charge in [-0.1, -0.05) is 274 Å². The Morgan fingerprint density at radius 1 is 0.456 bits per heavy atom. The first kappa shape index (κ1) is 65.7. The van der Waals surface area contributed by atoms with Gasteiger partial charge in [-0.2, -0.15) is 0 Å². The lowest BCUT2D eigenvalue weighted by Gasteiger charge is -2.19. The van der Waals surface area contributed by atoms with Crippen molar-refractivity contribution in [1.29, 1.82) is 0 Å². The first-order valence-electron chi connectivity index (χ1n) is 28.3. The van der Waals surface area contributed by atoms with Crippen molar-refractivity contribution in [2.45, 2.75) is 270 Å². The molecule has 2 atom stereocenters. The van der Waals surface area contributed by atoms with Gasteiger partial charge in [-0.25, -0.2) is 4.57 Å². The zero-order valence-electron chi connectivity index (χ0n) is 44.1. The average molecular weight is 976 g/mol. The first-order chi connectivity index (χ1) is 33.3. The summed E-state index contributed by atoms with van der Waals surface area (Å²) in [4.78, 5) is 35.0. The van der Waals surface area contributed by atoms with Crippen LogP contribution in [0.15, 0.2) is 60.8 Å². The van der Waals surface area contributed by atoms with Crippen LogP contribution in [0.1, 0.15) is 264 Å². The Kier molecular flexibility index (Phi) is 52.2. The van der Waals surface area contributed by atoms with Gasteiger partial charge in [-0.3, -0.25) is 18.6 Å². The molecule has 0 aromatic carbocycles. The number of rotatable bonds is 53. The predicted molar refractivity (Wildman–Crippen MR) is 289 cm³/mol. The van der Waals surface area contributed by atoms with Crippen LogP contribution in [0.5, 0.6) is 0 Å². The van der Waals surface area contributed by atoms with Crippen LogP contribution in [0.4, 0.5) is 0 Å². The number of carbonyl (C=O) groups is 2. The summed E-state index contributed by atoms with van der Waals surface area (Å²) in [6.07, 6.45) is 67.7. The topological polar surface area (TPSA) is 134 Å². The van der Waals surface area contributed by atoms with Crippen LogP contribution >= 0.6 is 7.82 Å². The van der Waals surface area contributed by atoms with E-state index in [4.69, 9.17) is 24.3 Å². The molecule has 0 rings (SSSR count). The van der Waals surface area contributed by atoms with Crippen molar-refractivity contribution in [3.8, 4) is 0 Å². The fraction of sp³-hybridized carbons (Fsp3) is 0.793. The number of hydrogen-bond donors (Lipinski definition) is 2. The van der Waals surface area contributed by atoms with Crippen molar-refractivity contribution >= 4 is 19.8 Å². The molecule has 3 N–H and O–H groups in total. The van der Waals surface area contributed by atoms with E-state index in [2.05, 4.69) is 56.4 Å². The number of phosphoric acid groups is 1. The number of carbonyl (C=O) groups excluding carboxylic acids is 2. The van der Waals surface area contributed by atoms with Crippen molar-refractivity contribution in [3.63, 3.8) is 0 Å². The highest BCUT2D eigenvalue weighted by Crippen LogP contribution is 2.43. The first-order valence-corrected chi connectivity index (χ1v) is 29.8. The molecular formula is C58H106NO8P. The van der Waals surface area contributed by atoms with Gasteiger partial charge in [-0.05, 0) is 38.5 Å². The van der Waals surface area contributed by atoms with Crippen LogP contribution in [-0.2, 0) is 32.7 Å². The summed E-state index contributed by atoms with van der Waals surface area (Å²) in [5, 5.41) is 0. The highest BCUT2D eigenvalue weighted by molar-refractivity contribution is 7.47. The van der Waals surface area contributed by atoms with Crippen molar-refractivity contribution in [3.05, 3.63) is 60.8 Å². The highest BCUT2D eigenvalue weighted by atomic mass is 31.2. The van der Waals surface area contributed by atoms with E-state index in [1.54, 1.807) is 6.08 Å². The maximum Gasteiger partial charge on any atom is 0.472 e. The number of unbranched alkanes of at least 4 members (excludes halogenated alkanes) is 31. The van der Waals surface area contributed by atoms with Gasteiger partial charge in [-0.15, -0.1) is 0 Å². The van der Waals surface area contributed by atoms with Crippen molar-refractivity contribution in [2.75, 3.05) is 26.4 Å². The van der Waals surface area contributed by atoms with Crippen LogP contribution in [-0.4, -0.2) is 49.3 Å². The minimum atomic E-state index is -4.41. The number of esters is 2. The molecule has 2 unspecified atom stereocenters. The lowest BCUT2D eigenvalue weighted by molar-refractivity contribution is -0.160. The Bertz CT molecular complexity index is 1300. The third-order valence-electron chi connectivity index (χ3n) is 12.2. The number of phosphoric ester groups is 1. The van der Waals surface area contributed by atoms with Gasteiger partial charge in [0, 0.05) is 13.0 Å². The van der Waals surface area contributed by atoms with E-state index in [1.165, 1.54) is 186 Å². The standard InChI is InChI=1S/C58H106NO8P/c1-3-5-7-9-11-13-15-17-19-20-21-22-23-24-25-26-27-28-29-30-31-32-33-34-35-37-38-40-42-44-46-48-50-57(60)64-54-56(55-66-68(62,63)65-53-52-59)67-58(61)51-49-47-45-43-41-39-36-18-16-14-12-10-8-6-4-2/h6,8,12,14,18,36,41,43,47,49,56H,3-5,7,9-11,13,15-17,19-35,37-40,42,44-46,48,50-55,59H2,1-2H3,(H,62,63)/b8-6-,14-12-,36-18-,43-41-,49-47-. The van der Waals surface area contributed by atoms with Gasteiger partial charge >= 0.3 is 19.8 Å². The molecule has 0 aromatic heterocycles. The van der Waals surface area contributed by atoms with E-state index in [1.807, 2.05) is 12.2 Å². The maximum absolute atomic E-state index is 12.6. The molecule has 10 heteroatoms. The molecule has 0 bridgehead atoms. The molecule has 0 fully saturated rings. The van der Waals surface area contributed by atoms with Crippen LogP contribution in [0.3, 0.4) is 0 Å². The summed E-state index contributed by atoms with van der Waals surface area (Å²) in [6.45, 7) is 3.54. The number of allylic oxidation sites excluding steroid dienone is 9. The molecular weight excluding hydrogens is 870 g/mol. The van der Waals surface area contributed by atoms with Gasteiger partial charge in [0.1, 0.15) is 6.61 Å². The van der Waals surface area contributed by atoms with Crippen LogP contribution < -0.4 is 5.73 Å². The summed E-state index contributed by atoms with van der Waals surface area (Å²) < 4.78 is 32.8. The molecule has 0 radical (unpaired) electrons. The Hall–Kier alpha value is -2.29. The Morgan fingerprint density at radius 2 is 0.794 bits per heavy atom. The fourth-order valence-corrected chi connectivity index (χ4v) is 8.83. The summed E-state index contributed by atoms with van der Waals surface area (Å²) in [7, 11) is -4.41. The lowest BCUT2D eigenvalue weighted by atomic mass is 10.0. The second-order valence-corrected chi connectivity index (χ2v) is 20.3. The highest BCUT2D eigenvalue weighted by Gasteiger charge is 2.25. The second-order valence-electron chi connectivity index (χ2n) is 18.8. The molecule has 0 heterocycles. The number of nitrogens with two attached hydrogens (primary N) is 1. The van der Waals surface area contributed by atoms with E-state index >= 15 is 0 Å². The minimum absolute atomic E-state index is 0.00186. The van der Waals surface area contributed by atoms with Crippen LogP contribution in [0.25, 0.3) is 0 Å². The SMILES string of the molecule is CC/C=C\C/C=C\C/C=C\C/C=C\C/C=C\CC(=O)OC(COC(=O)CCCCCCCCCCCCCCCCCCCCCCCCCCCCCCCCCC)COP(=O)(O)OCCN. The van der Waals surface area contributed by atoms with Crippen LogP contribution in [0.2, 0.25) is 0 Å². The maximum atomic E-state index is 12.6. The average Bonchev–Trinajstić information content (AvgIpc) is 3.33. The summed E-state index contributed by atoms with van der Waals surface area (Å²) in [5.74, 6) is -0.968. The van der Waals surface area contributed by atoms with E-state index in [0.29, 0.717) is 6.42 Å². The zero-order valence-corrected chi connectivity index (χ0v) is 45.0.